The number of amides is 2. The van der Waals surface area contributed by atoms with Gasteiger partial charge in [0.1, 0.15) is 0 Å². The van der Waals surface area contributed by atoms with Gasteiger partial charge in [0, 0.05) is 5.69 Å². The summed E-state index contributed by atoms with van der Waals surface area (Å²) in [6.07, 6.45) is 0. The number of carbonyl (C=O) groups is 1. The molecule has 0 heterocycles. The Hall–Kier alpha value is -1.22. The molecule has 4 heteroatoms. The van der Waals surface area contributed by atoms with Gasteiger partial charge in [0.25, 0.3) is 0 Å². The lowest BCUT2D eigenvalue weighted by Gasteiger charge is -2.03. The first-order valence-electron chi connectivity index (χ1n) is 3.32. The van der Waals surface area contributed by atoms with Gasteiger partial charge in [-0.25, -0.2) is 4.79 Å². The number of primary amides is 1. The summed E-state index contributed by atoms with van der Waals surface area (Å²) < 4.78 is 0. The van der Waals surface area contributed by atoms with E-state index in [0.717, 1.165) is 11.3 Å². The van der Waals surface area contributed by atoms with Crippen molar-refractivity contribution in [1.29, 1.82) is 0 Å². The van der Waals surface area contributed by atoms with Gasteiger partial charge < -0.3 is 11.1 Å². The lowest BCUT2D eigenvalue weighted by atomic mass is 10.2. The molecular formula is C8H11ClN2O. The van der Waals surface area contributed by atoms with E-state index in [1.807, 2.05) is 25.1 Å². The second-order valence-electron chi connectivity index (χ2n) is 2.30. The highest BCUT2D eigenvalue weighted by atomic mass is 35.5. The predicted octanol–water partition coefficient (Wildman–Crippen LogP) is 1.91. The molecule has 0 aliphatic carbocycles. The summed E-state index contributed by atoms with van der Waals surface area (Å²) in [5.41, 5.74) is 6.71. The molecule has 0 fully saturated rings. The molecular weight excluding hydrogens is 176 g/mol. The second kappa shape index (κ2) is 4.62. The fourth-order valence-electron chi connectivity index (χ4n) is 0.846. The van der Waals surface area contributed by atoms with Crippen molar-refractivity contribution >= 4 is 24.1 Å². The number of benzene rings is 1. The predicted molar refractivity (Wildman–Crippen MR) is 51.6 cm³/mol. The summed E-state index contributed by atoms with van der Waals surface area (Å²) >= 11 is 0. The molecule has 1 aromatic rings. The molecule has 0 bridgehead atoms. The van der Waals surface area contributed by atoms with E-state index in [2.05, 4.69) is 5.32 Å². The van der Waals surface area contributed by atoms with Gasteiger partial charge in [0.2, 0.25) is 0 Å². The van der Waals surface area contributed by atoms with Crippen molar-refractivity contribution in [3.8, 4) is 0 Å². The van der Waals surface area contributed by atoms with Crippen LogP contribution in [0.3, 0.4) is 0 Å². The Morgan fingerprint density at radius 1 is 1.42 bits per heavy atom. The van der Waals surface area contributed by atoms with Gasteiger partial charge in [-0.2, -0.15) is 0 Å². The molecule has 2 amide bonds. The second-order valence-corrected chi connectivity index (χ2v) is 2.30. The van der Waals surface area contributed by atoms with Crippen molar-refractivity contribution in [3.05, 3.63) is 29.8 Å². The minimum atomic E-state index is -0.528. The average molecular weight is 187 g/mol. The van der Waals surface area contributed by atoms with E-state index >= 15 is 0 Å². The highest BCUT2D eigenvalue weighted by Crippen LogP contribution is 2.11. The van der Waals surface area contributed by atoms with Crippen LogP contribution in [0.25, 0.3) is 0 Å². The third kappa shape index (κ3) is 2.80. The van der Waals surface area contributed by atoms with E-state index in [0.29, 0.717) is 0 Å². The van der Waals surface area contributed by atoms with Crippen LogP contribution in [0.2, 0.25) is 0 Å². The Labute approximate surface area is 77.4 Å². The van der Waals surface area contributed by atoms with E-state index in [-0.39, 0.29) is 12.4 Å². The number of urea groups is 1. The van der Waals surface area contributed by atoms with Crippen molar-refractivity contribution < 1.29 is 4.79 Å². The lowest BCUT2D eigenvalue weighted by Crippen LogP contribution is -2.19. The number of hydrogen-bond donors (Lipinski definition) is 2. The number of para-hydroxylation sites is 1. The maximum absolute atomic E-state index is 10.4. The SMILES string of the molecule is Cc1ccccc1NC(N)=O.Cl. The Morgan fingerprint density at radius 3 is 2.50 bits per heavy atom. The van der Waals surface area contributed by atoms with Gasteiger partial charge in [-0.15, -0.1) is 12.4 Å². The zero-order valence-corrected chi connectivity index (χ0v) is 7.52. The normalized spacial score (nSPS) is 8.42. The first-order chi connectivity index (χ1) is 5.20. The highest BCUT2D eigenvalue weighted by Gasteiger charge is 1.96. The third-order valence-corrected chi connectivity index (χ3v) is 1.40. The van der Waals surface area contributed by atoms with Crippen LogP contribution in [0, 0.1) is 6.92 Å². The Bertz CT molecular complexity index is 276. The Balaban J connectivity index is 0.00000121. The summed E-state index contributed by atoms with van der Waals surface area (Å²) in [6.45, 7) is 1.91. The summed E-state index contributed by atoms with van der Waals surface area (Å²) in [7, 11) is 0. The van der Waals surface area contributed by atoms with Gasteiger partial charge >= 0.3 is 6.03 Å². The summed E-state index contributed by atoms with van der Waals surface area (Å²) in [5.74, 6) is 0. The molecule has 3 N–H and O–H groups in total. The number of halogens is 1. The summed E-state index contributed by atoms with van der Waals surface area (Å²) in [6, 6.07) is 6.94. The topological polar surface area (TPSA) is 55.1 Å². The largest absolute Gasteiger partial charge is 0.351 e. The highest BCUT2D eigenvalue weighted by molar-refractivity contribution is 5.88. The molecule has 0 saturated carbocycles. The zero-order valence-electron chi connectivity index (χ0n) is 6.70. The quantitative estimate of drug-likeness (QED) is 0.692. The van der Waals surface area contributed by atoms with Gasteiger partial charge in [0.15, 0.2) is 0 Å². The van der Waals surface area contributed by atoms with Crippen LogP contribution in [-0.2, 0) is 0 Å². The van der Waals surface area contributed by atoms with Crippen molar-refractivity contribution in [2.45, 2.75) is 6.92 Å². The molecule has 0 aromatic heterocycles. The zero-order chi connectivity index (χ0) is 8.27. The number of nitrogens with two attached hydrogens (primary N) is 1. The molecule has 0 atom stereocenters. The fourth-order valence-corrected chi connectivity index (χ4v) is 0.846. The van der Waals surface area contributed by atoms with Gasteiger partial charge in [0.05, 0.1) is 0 Å². The van der Waals surface area contributed by atoms with Crippen LogP contribution in [0.4, 0.5) is 10.5 Å². The van der Waals surface area contributed by atoms with Crippen molar-refractivity contribution in [3.63, 3.8) is 0 Å². The Kier molecular flexibility index (Phi) is 4.15. The molecule has 0 spiro atoms. The number of anilines is 1. The molecule has 3 nitrogen and oxygen atoms in total. The minimum Gasteiger partial charge on any atom is -0.351 e. The van der Waals surface area contributed by atoms with Crippen LogP contribution in [0.5, 0.6) is 0 Å². The molecule has 0 aliphatic rings. The van der Waals surface area contributed by atoms with Crippen LogP contribution in [0.15, 0.2) is 24.3 Å². The smallest absolute Gasteiger partial charge is 0.316 e. The van der Waals surface area contributed by atoms with Gasteiger partial charge in [-0.3, -0.25) is 0 Å². The number of rotatable bonds is 1. The molecule has 1 rings (SSSR count). The molecule has 12 heavy (non-hydrogen) atoms. The molecule has 0 saturated heterocycles. The first kappa shape index (κ1) is 10.8. The fraction of sp³-hybridized carbons (Fsp3) is 0.125. The number of carbonyl (C=O) groups excluding carboxylic acids is 1. The van der Waals surface area contributed by atoms with E-state index in [9.17, 15) is 4.79 Å². The van der Waals surface area contributed by atoms with Gasteiger partial charge in [-0.1, -0.05) is 18.2 Å². The lowest BCUT2D eigenvalue weighted by molar-refractivity contribution is 0.259. The number of aryl methyl sites for hydroxylation is 1. The molecule has 0 aliphatic heterocycles. The maximum Gasteiger partial charge on any atom is 0.316 e. The monoisotopic (exact) mass is 186 g/mol. The van der Waals surface area contributed by atoms with E-state index in [4.69, 9.17) is 5.73 Å². The van der Waals surface area contributed by atoms with E-state index < -0.39 is 6.03 Å². The van der Waals surface area contributed by atoms with Crippen LogP contribution < -0.4 is 11.1 Å². The number of nitrogens with one attached hydrogen (secondary N) is 1. The Morgan fingerprint density at radius 2 is 2.00 bits per heavy atom. The number of hydrogen-bond acceptors (Lipinski definition) is 1. The van der Waals surface area contributed by atoms with Crippen molar-refractivity contribution in [2.75, 3.05) is 5.32 Å². The van der Waals surface area contributed by atoms with Crippen molar-refractivity contribution in [2.24, 2.45) is 5.73 Å². The minimum absolute atomic E-state index is 0. The molecule has 1 aromatic carbocycles. The summed E-state index contributed by atoms with van der Waals surface area (Å²) in [4.78, 5) is 10.4. The maximum atomic E-state index is 10.4. The standard InChI is InChI=1S/C8H10N2O.ClH/c1-6-4-2-3-5-7(6)10-8(9)11;/h2-5H,1H3,(H3,9,10,11);1H. The van der Waals surface area contributed by atoms with E-state index in [1.165, 1.54) is 0 Å². The van der Waals surface area contributed by atoms with Gasteiger partial charge in [-0.05, 0) is 18.6 Å². The summed E-state index contributed by atoms with van der Waals surface area (Å²) in [5, 5.41) is 2.51. The van der Waals surface area contributed by atoms with E-state index in [1.54, 1.807) is 6.07 Å². The van der Waals surface area contributed by atoms with Crippen LogP contribution >= 0.6 is 12.4 Å². The molecule has 0 radical (unpaired) electrons. The van der Waals surface area contributed by atoms with Crippen LogP contribution in [-0.4, -0.2) is 6.03 Å². The molecule has 0 unspecified atom stereocenters. The third-order valence-electron chi connectivity index (χ3n) is 1.40. The molecule has 66 valence electrons. The average Bonchev–Trinajstić information content (AvgIpc) is 1.93. The van der Waals surface area contributed by atoms with Crippen LogP contribution in [0.1, 0.15) is 5.56 Å². The first-order valence-corrected chi connectivity index (χ1v) is 3.32. The van der Waals surface area contributed by atoms with Crippen molar-refractivity contribution in [1.82, 2.24) is 0 Å².